The Hall–Kier alpha value is -3.63. The van der Waals surface area contributed by atoms with Crippen LogP contribution in [0.1, 0.15) is 119 Å². The molecular weight excluding hydrogens is 696 g/mol. The van der Waals surface area contributed by atoms with Crippen LogP contribution in [0.15, 0.2) is 47.3 Å². The number of fused-ring (bicyclic) bond motifs is 6. The van der Waals surface area contributed by atoms with Crippen LogP contribution < -0.4 is 5.56 Å². The number of carbonyl (C=O) groups is 2. The molecule has 0 radical (unpaired) electrons. The molecule has 3 aromatic rings. The summed E-state index contributed by atoms with van der Waals surface area (Å²) >= 11 is 0. The lowest BCUT2D eigenvalue weighted by Gasteiger charge is -2.60. The van der Waals surface area contributed by atoms with Crippen molar-refractivity contribution < 1.29 is 23.8 Å². The molecule has 2 aromatic carbocycles. The van der Waals surface area contributed by atoms with E-state index in [1.54, 1.807) is 29.2 Å². The first-order valence-corrected chi connectivity index (χ1v) is 21.2. The first-order chi connectivity index (χ1) is 26.5. The van der Waals surface area contributed by atoms with Gasteiger partial charge in [0.1, 0.15) is 5.82 Å². The number of aliphatic hydroxyl groups is 1. The second kappa shape index (κ2) is 15.7. The van der Waals surface area contributed by atoms with Gasteiger partial charge in [0.15, 0.2) is 0 Å². The predicted molar refractivity (Wildman–Crippen MR) is 210 cm³/mol. The summed E-state index contributed by atoms with van der Waals surface area (Å²) < 4.78 is 21.6. The Morgan fingerprint density at radius 1 is 0.891 bits per heavy atom. The topological polar surface area (TPSA) is 116 Å². The minimum Gasteiger partial charge on any atom is -0.393 e. The Bertz CT molecular complexity index is 1940. The molecule has 4 aliphatic carbocycles. The Kier molecular flexibility index (Phi) is 10.9. The third kappa shape index (κ3) is 7.38. The summed E-state index contributed by atoms with van der Waals surface area (Å²) in [5.41, 5.74) is 1.77. The number of nitrogens with one attached hydrogen (secondary N) is 1. The number of carbonyl (C=O) groups excluding carboxylic acids is 2. The van der Waals surface area contributed by atoms with Crippen LogP contribution in [0.3, 0.4) is 0 Å². The molecule has 0 bridgehead atoms. The monoisotopic (exact) mass is 754 g/mol. The van der Waals surface area contributed by atoms with Gasteiger partial charge in [-0.15, -0.1) is 0 Å². The number of nitrogens with zero attached hydrogens (tertiary/aromatic N) is 3. The van der Waals surface area contributed by atoms with Gasteiger partial charge < -0.3 is 19.6 Å². The molecule has 2 heterocycles. The lowest BCUT2D eigenvalue weighted by molar-refractivity contribution is -0.141. The summed E-state index contributed by atoms with van der Waals surface area (Å²) in [5, 5.41) is 18.4. The zero-order valence-corrected chi connectivity index (χ0v) is 32.7. The third-order valence-electron chi connectivity index (χ3n) is 15.2. The molecule has 1 aliphatic heterocycles. The lowest BCUT2D eigenvalue weighted by atomic mass is 9.45. The number of aromatic amines is 1. The molecule has 10 heteroatoms. The van der Waals surface area contributed by atoms with Crippen molar-refractivity contribution in [3.63, 3.8) is 0 Å². The molecule has 8 atom stereocenters. The molecule has 1 unspecified atom stereocenters. The average molecular weight is 755 g/mol. The fraction of sp³-hybridized carbons (Fsp3) is 0.644. The molecule has 2 N–H and O–H groups in total. The molecule has 8 rings (SSSR count). The number of hydrogen-bond acceptors (Lipinski definition) is 6. The van der Waals surface area contributed by atoms with E-state index in [1.807, 2.05) is 17.0 Å². The van der Waals surface area contributed by atoms with Crippen LogP contribution in [0.4, 0.5) is 4.39 Å². The van der Waals surface area contributed by atoms with Crippen LogP contribution in [0.25, 0.3) is 10.8 Å². The predicted octanol–water partition coefficient (Wildman–Crippen LogP) is 7.29. The Balaban J connectivity index is 0.760. The van der Waals surface area contributed by atoms with Crippen molar-refractivity contribution in [1.29, 1.82) is 0 Å². The standard InChI is InChI=1S/C45H59FN4O5/c1-44-19-17-31(51)28-30(44)12-13-34-36-14-16-40(45(36,2)20-18-37(34)44)55-25-7-3-4-10-41(52)49-21-23-50(24-22-49)43(54)35-26-29(11-15-38(35)46)27-39-32-8-5-6-9-33(32)42(53)48-47-39/h5-6,8-9,11,15,26,30-31,34,36-37,40,51H,3-4,7,10,12-14,16-25,27-28H2,1-2H3,(H,48,53)/t30-,31+,34-,36-,37-,40?,44-,45-/m0/s1. The normalized spacial score (nSPS) is 31.9. The Morgan fingerprint density at radius 2 is 1.64 bits per heavy atom. The lowest BCUT2D eigenvalue weighted by Crippen LogP contribution is -2.54. The SMILES string of the molecule is C[C@]12CC[C@@H](O)C[C@@H]1CC[C@@H]1[C@@H]2CC[C@]2(C)C(OCCCCCC(=O)N3CCN(C(=O)c4cc(Cc5n[nH]c(=O)c6ccccc56)ccc4F)CC3)CC[C@@H]12. The molecule has 0 spiro atoms. The van der Waals surface area contributed by atoms with Crippen molar-refractivity contribution in [2.75, 3.05) is 32.8 Å². The number of aliphatic hydroxyl groups excluding tert-OH is 1. The molecule has 5 fully saturated rings. The molecule has 1 aromatic heterocycles. The van der Waals surface area contributed by atoms with Gasteiger partial charge in [0.2, 0.25) is 5.91 Å². The van der Waals surface area contributed by atoms with E-state index in [4.69, 9.17) is 4.74 Å². The summed E-state index contributed by atoms with van der Waals surface area (Å²) in [6.45, 7) is 7.42. The van der Waals surface area contributed by atoms with E-state index in [0.717, 1.165) is 67.4 Å². The van der Waals surface area contributed by atoms with E-state index in [2.05, 4.69) is 24.0 Å². The number of hydrogen-bond donors (Lipinski definition) is 2. The molecular formula is C45H59FN4O5. The Labute approximate surface area is 324 Å². The maximum atomic E-state index is 15.0. The number of piperazine rings is 1. The fourth-order valence-electron chi connectivity index (χ4n) is 12.1. The second-order valence-electron chi connectivity index (χ2n) is 18.1. The zero-order chi connectivity index (χ0) is 38.3. The highest BCUT2D eigenvalue weighted by Crippen LogP contribution is 2.66. The number of ether oxygens (including phenoxy) is 1. The number of H-pyrrole nitrogens is 1. The van der Waals surface area contributed by atoms with Crippen LogP contribution in [0.2, 0.25) is 0 Å². The van der Waals surface area contributed by atoms with Crippen LogP contribution in [0.5, 0.6) is 0 Å². The van der Waals surface area contributed by atoms with Crippen molar-refractivity contribution in [2.45, 2.75) is 116 Å². The van der Waals surface area contributed by atoms with Gasteiger partial charge in [0.25, 0.3) is 11.5 Å². The smallest absolute Gasteiger partial charge is 0.272 e. The summed E-state index contributed by atoms with van der Waals surface area (Å²) in [6.07, 6.45) is 14.6. The number of amides is 2. The van der Waals surface area contributed by atoms with Crippen LogP contribution in [0, 0.1) is 40.3 Å². The van der Waals surface area contributed by atoms with E-state index < -0.39 is 5.82 Å². The number of aromatic nitrogens is 2. The summed E-state index contributed by atoms with van der Waals surface area (Å²) in [5.74, 6) is 2.21. The molecule has 2 amide bonds. The second-order valence-corrected chi connectivity index (χ2v) is 18.1. The number of unbranched alkanes of at least 4 members (excludes halogenated alkanes) is 2. The summed E-state index contributed by atoms with van der Waals surface area (Å²) in [4.78, 5) is 42.2. The zero-order valence-electron chi connectivity index (χ0n) is 32.7. The van der Waals surface area contributed by atoms with E-state index >= 15 is 0 Å². The molecule has 55 heavy (non-hydrogen) atoms. The van der Waals surface area contributed by atoms with Gasteiger partial charge in [-0.05, 0) is 129 Å². The summed E-state index contributed by atoms with van der Waals surface area (Å²) in [7, 11) is 0. The minimum atomic E-state index is -0.581. The average Bonchev–Trinajstić information content (AvgIpc) is 3.54. The number of benzene rings is 2. The highest BCUT2D eigenvalue weighted by molar-refractivity contribution is 5.95. The highest BCUT2D eigenvalue weighted by atomic mass is 19.1. The first-order valence-electron chi connectivity index (χ1n) is 21.2. The van der Waals surface area contributed by atoms with Gasteiger partial charge in [-0.3, -0.25) is 14.4 Å². The first kappa shape index (κ1) is 38.3. The quantitative estimate of drug-likeness (QED) is 0.210. The van der Waals surface area contributed by atoms with Crippen molar-refractivity contribution >= 4 is 22.6 Å². The fourth-order valence-corrected chi connectivity index (χ4v) is 12.1. The van der Waals surface area contributed by atoms with Crippen molar-refractivity contribution in [3.05, 3.63) is 75.5 Å². The van der Waals surface area contributed by atoms with Crippen LogP contribution in [-0.2, 0) is 16.0 Å². The summed E-state index contributed by atoms with van der Waals surface area (Å²) in [6, 6.07) is 11.7. The van der Waals surface area contributed by atoms with Gasteiger partial charge in [-0.2, -0.15) is 5.10 Å². The Morgan fingerprint density at radius 3 is 2.45 bits per heavy atom. The van der Waals surface area contributed by atoms with E-state index in [1.165, 1.54) is 51.0 Å². The minimum absolute atomic E-state index is 0.00507. The van der Waals surface area contributed by atoms with Crippen molar-refractivity contribution in [1.82, 2.24) is 20.0 Å². The van der Waals surface area contributed by atoms with Crippen LogP contribution >= 0.6 is 0 Å². The maximum absolute atomic E-state index is 15.0. The van der Waals surface area contributed by atoms with E-state index in [9.17, 15) is 23.9 Å². The van der Waals surface area contributed by atoms with Gasteiger partial charge in [0.05, 0.1) is 28.9 Å². The molecule has 5 aliphatic rings. The van der Waals surface area contributed by atoms with E-state index in [-0.39, 0.29) is 34.5 Å². The van der Waals surface area contributed by atoms with Gasteiger partial charge in [-0.25, -0.2) is 9.49 Å². The maximum Gasteiger partial charge on any atom is 0.272 e. The third-order valence-corrected chi connectivity index (χ3v) is 15.2. The number of rotatable bonds is 10. The van der Waals surface area contributed by atoms with Gasteiger partial charge in [-0.1, -0.05) is 44.5 Å². The highest BCUT2D eigenvalue weighted by Gasteiger charge is 2.60. The molecule has 1 saturated heterocycles. The molecule has 4 saturated carbocycles. The van der Waals surface area contributed by atoms with Gasteiger partial charge in [0, 0.05) is 51.0 Å². The molecule has 9 nitrogen and oxygen atoms in total. The molecule has 296 valence electrons. The largest absolute Gasteiger partial charge is 0.393 e. The van der Waals surface area contributed by atoms with Crippen molar-refractivity contribution in [3.8, 4) is 0 Å². The number of halogens is 1. The van der Waals surface area contributed by atoms with Crippen LogP contribution in [-0.4, -0.2) is 81.9 Å². The van der Waals surface area contributed by atoms with Gasteiger partial charge >= 0.3 is 0 Å². The van der Waals surface area contributed by atoms with E-state index in [0.29, 0.717) is 67.5 Å². The van der Waals surface area contributed by atoms with Crippen molar-refractivity contribution in [2.24, 2.45) is 34.5 Å².